The molecule has 1 aliphatic rings. The molecule has 3 aromatic rings. The van der Waals surface area contributed by atoms with Crippen molar-refractivity contribution in [1.29, 1.82) is 0 Å². The molecule has 2 heterocycles. The number of hydrogen-bond donors (Lipinski definition) is 0. The predicted octanol–water partition coefficient (Wildman–Crippen LogP) is 5.61. The van der Waals surface area contributed by atoms with Crippen molar-refractivity contribution in [3.05, 3.63) is 99.0 Å². The van der Waals surface area contributed by atoms with Crippen LogP contribution in [0.1, 0.15) is 23.1 Å². The summed E-state index contributed by atoms with van der Waals surface area (Å²) in [4.78, 5) is 10.9. The van der Waals surface area contributed by atoms with E-state index in [1.807, 2.05) is 0 Å². The molecule has 1 atom stereocenters. The lowest BCUT2D eigenvalue weighted by atomic mass is 9.76. The van der Waals surface area contributed by atoms with E-state index in [1.54, 1.807) is 12.1 Å². The standard InChI is InChI=1S/C22H15F6N3O3/c23-21(24,25)16-5-3-4-15(11-16)20(22(26,27)28)12-19(30(32)13-20)14-6-7-17(18(10-14)31(33)34)29-8-1-2-9-29/h1-11H,12-13H2. The smallest absolute Gasteiger partial charge is 0.416 e. The number of nitro benzene ring substituents is 1. The molecule has 34 heavy (non-hydrogen) atoms. The van der Waals surface area contributed by atoms with Crippen LogP contribution in [-0.4, -0.2) is 32.7 Å². The van der Waals surface area contributed by atoms with E-state index in [-0.39, 0.29) is 16.0 Å². The first-order chi connectivity index (χ1) is 15.8. The molecular weight excluding hydrogens is 468 g/mol. The Kier molecular flexibility index (Phi) is 5.41. The van der Waals surface area contributed by atoms with Crippen LogP contribution in [0.4, 0.5) is 32.0 Å². The Balaban J connectivity index is 1.80. The molecule has 0 N–H and O–H groups in total. The van der Waals surface area contributed by atoms with Crippen molar-refractivity contribution >= 4 is 11.4 Å². The fourth-order valence-corrected chi connectivity index (χ4v) is 4.12. The Bertz CT molecular complexity index is 1280. The molecule has 6 nitrogen and oxygen atoms in total. The number of hydrogen-bond acceptors (Lipinski definition) is 3. The normalized spacial score (nSPS) is 19.0. The molecule has 0 radical (unpaired) electrons. The average Bonchev–Trinajstić information content (AvgIpc) is 3.41. The highest BCUT2D eigenvalue weighted by molar-refractivity contribution is 5.99. The number of nitrogens with zero attached hydrogens (tertiary/aromatic N) is 3. The third-order valence-corrected chi connectivity index (χ3v) is 5.86. The van der Waals surface area contributed by atoms with E-state index in [1.165, 1.54) is 29.1 Å². The summed E-state index contributed by atoms with van der Waals surface area (Å²) in [6.07, 6.45) is -7.85. The topological polar surface area (TPSA) is 74.1 Å². The van der Waals surface area contributed by atoms with Crippen LogP contribution in [0.2, 0.25) is 0 Å². The molecule has 1 aromatic heterocycles. The molecular formula is C22H15F6N3O3. The van der Waals surface area contributed by atoms with E-state index >= 15 is 0 Å². The fourth-order valence-electron chi connectivity index (χ4n) is 4.12. The van der Waals surface area contributed by atoms with Gasteiger partial charge in [-0.25, -0.2) is 4.74 Å². The van der Waals surface area contributed by atoms with Crippen LogP contribution in [0, 0.1) is 15.3 Å². The second-order valence-corrected chi connectivity index (χ2v) is 7.87. The number of hydroxylamine groups is 1. The van der Waals surface area contributed by atoms with Crippen LogP contribution >= 0.6 is 0 Å². The maximum atomic E-state index is 14.3. The number of aromatic nitrogens is 1. The van der Waals surface area contributed by atoms with Crippen LogP contribution in [0.5, 0.6) is 0 Å². The largest absolute Gasteiger partial charge is 0.624 e. The van der Waals surface area contributed by atoms with Crippen molar-refractivity contribution in [2.24, 2.45) is 0 Å². The summed E-state index contributed by atoms with van der Waals surface area (Å²) in [5.74, 6) is 0. The minimum absolute atomic E-state index is 0.0438. The second-order valence-electron chi connectivity index (χ2n) is 7.87. The van der Waals surface area contributed by atoms with E-state index < -0.39 is 58.2 Å². The van der Waals surface area contributed by atoms with Gasteiger partial charge in [0.1, 0.15) is 5.69 Å². The summed E-state index contributed by atoms with van der Waals surface area (Å²) in [6, 6.07) is 9.60. The molecule has 1 aliphatic heterocycles. The molecule has 4 rings (SSSR count). The molecule has 2 aromatic carbocycles. The maximum Gasteiger partial charge on any atom is 0.416 e. The van der Waals surface area contributed by atoms with Gasteiger partial charge in [-0.1, -0.05) is 18.2 Å². The minimum atomic E-state index is -5.07. The molecule has 1 unspecified atom stereocenters. The van der Waals surface area contributed by atoms with E-state index in [9.17, 15) is 41.7 Å². The van der Waals surface area contributed by atoms with E-state index in [0.717, 1.165) is 18.2 Å². The molecule has 178 valence electrons. The average molecular weight is 483 g/mol. The molecule has 0 bridgehead atoms. The molecule has 0 saturated carbocycles. The fraction of sp³-hybridized carbons (Fsp3) is 0.227. The number of halogens is 6. The van der Waals surface area contributed by atoms with Gasteiger partial charge in [-0.15, -0.1) is 0 Å². The summed E-state index contributed by atoms with van der Waals surface area (Å²) >= 11 is 0. The van der Waals surface area contributed by atoms with Gasteiger partial charge in [-0.2, -0.15) is 26.3 Å². The maximum absolute atomic E-state index is 14.3. The van der Waals surface area contributed by atoms with Gasteiger partial charge >= 0.3 is 12.4 Å². The van der Waals surface area contributed by atoms with Gasteiger partial charge in [0.25, 0.3) is 5.69 Å². The van der Waals surface area contributed by atoms with E-state index in [2.05, 4.69) is 0 Å². The van der Waals surface area contributed by atoms with Crippen molar-refractivity contribution in [2.75, 3.05) is 6.54 Å². The second kappa shape index (κ2) is 7.89. The third kappa shape index (κ3) is 3.88. The first-order valence-corrected chi connectivity index (χ1v) is 9.81. The van der Waals surface area contributed by atoms with Crippen LogP contribution in [0.25, 0.3) is 5.69 Å². The Morgan fingerprint density at radius 3 is 2.24 bits per heavy atom. The van der Waals surface area contributed by atoms with E-state index in [0.29, 0.717) is 12.1 Å². The lowest BCUT2D eigenvalue weighted by molar-refractivity contribution is -0.465. The summed E-state index contributed by atoms with van der Waals surface area (Å²) in [5.41, 5.74) is -5.73. The molecule has 0 saturated heterocycles. The van der Waals surface area contributed by atoms with Crippen molar-refractivity contribution in [2.45, 2.75) is 24.2 Å². The van der Waals surface area contributed by atoms with Crippen molar-refractivity contribution in [3.8, 4) is 5.69 Å². The van der Waals surface area contributed by atoms with Crippen LogP contribution in [-0.2, 0) is 11.6 Å². The van der Waals surface area contributed by atoms with Gasteiger partial charge in [0.05, 0.1) is 16.9 Å². The monoisotopic (exact) mass is 483 g/mol. The minimum Gasteiger partial charge on any atom is -0.624 e. The molecule has 0 amide bonds. The van der Waals surface area contributed by atoms with Gasteiger partial charge in [0.15, 0.2) is 17.7 Å². The highest BCUT2D eigenvalue weighted by atomic mass is 19.4. The first kappa shape index (κ1) is 23.3. The van der Waals surface area contributed by atoms with Crippen LogP contribution < -0.4 is 0 Å². The Hall–Kier alpha value is -3.83. The molecule has 0 fully saturated rings. The van der Waals surface area contributed by atoms with Crippen molar-refractivity contribution < 1.29 is 36.0 Å². The first-order valence-electron chi connectivity index (χ1n) is 9.81. The lowest BCUT2D eigenvalue weighted by Crippen LogP contribution is -2.45. The summed E-state index contributed by atoms with van der Waals surface area (Å²) < 4.78 is 83.7. The number of rotatable bonds is 4. The molecule has 0 aliphatic carbocycles. The van der Waals surface area contributed by atoms with Gasteiger partial charge in [0.2, 0.25) is 0 Å². The zero-order valence-corrected chi connectivity index (χ0v) is 17.1. The summed E-state index contributed by atoms with van der Waals surface area (Å²) in [6.45, 7) is -1.18. The number of benzene rings is 2. The Morgan fingerprint density at radius 1 is 0.971 bits per heavy atom. The third-order valence-electron chi connectivity index (χ3n) is 5.86. The summed E-state index contributed by atoms with van der Waals surface area (Å²) in [7, 11) is 0. The Labute approximate surface area is 188 Å². The van der Waals surface area contributed by atoms with Crippen LogP contribution in [0.3, 0.4) is 0 Å². The highest BCUT2D eigenvalue weighted by Crippen LogP contribution is 2.48. The number of nitro groups is 1. The van der Waals surface area contributed by atoms with Gasteiger partial charge in [0, 0.05) is 24.0 Å². The zero-order chi connectivity index (χ0) is 24.9. The van der Waals surface area contributed by atoms with E-state index in [4.69, 9.17) is 0 Å². The van der Waals surface area contributed by atoms with Crippen molar-refractivity contribution in [1.82, 2.24) is 4.57 Å². The number of alkyl halides is 6. The van der Waals surface area contributed by atoms with Gasteiger partial charge in [-0.3, -0.25) is 10.1 Å². The SMILES string of the molecule is O=[N+]([O-])c1cc(C2=[N+]([O-])CC(c3cccc(C(F)(F)F)c3)(C(F)(F)F)C2)ccc1-n1cccc1. The predicted molar refractivity (Wildman–Crippen MR) is 109 cm³/mol. The zero-order valence-electron chi connectivity index (χ0n) is 17.1. The van der Waals surface area contributed by atoms with Crippen LogP contribution in [0.15, 0.2) is 67.0 Å². The van der Waals surface area contributed by atoms with Crippen molar-refractivity contribution in [3.63, 3.8) is 0 Å². The van der Waals surface area contributed by atoms with Gasteiger partial charge < -0.3 is 9.77 Å². The molecule has 12 heteroatoms. The van der Waals surface area contributed by atoms with Gasteiger partial charge in [-0.05, 0) is 35.9 Å². The molecule has 0 spiro atoms. The lowest BCUT2D eigenvalue weighted by Gasteiger charge is -2.29. The highest BCUT2D eigenvalue weighted by Gasteiger charge is 2.63. The quantitative estimate of drug-likeness (QED) is 0.159. The Morgan fingerprint density at radius 2 is 1.65 bits per heavy atom. The summed E-state index contributed by atoms with van der Waals surface area (Å²) in [5, 5.41) is 24.3.